The quantitative estimate of drug-likeness (QED) is 0.718. The van der Waals surface area contributed by atoms with Crippen molar-refractivity contribution < 1.29 is 4.79 Å². The lowest BCUT2D eigenvalue weighted by atomic mass is 10.1. The smallest absolute Gasteiger partial charge is 0.253 e. The van der Waals surface area contributed by atoms with Crippen molar-refractivity contribution in [2.24, 2.45) is 0 Å². The lowest BCUT2D eigenvalue weighted by molar-refractivity contribution is 0.0956. The van der Waals surface area contributed by atoms with Gasteiger partial charge in [-0.3, -0.25) is 4.79 Å². The molecule has 0 spiro atoms. The summed E-state index contributed by atoms with van der Waals surface area (Å²) in [4.78, 5) is 13.4. The van der Waals surface area contributed by atoms with E-state index in [1.54, 1.807) is 23.5 Å². The molecule has 0 aliphatic heterocycles. The van der Waals surface area contributed by atoms with Gasteiger partial charge in [0.1, 0.15) is 0 Å². The van der Waals surface area contributed by atoms with Crippen molar-refractivity contribution in [1.82, 2.24) is 5.32 Å². The number of hydrogen-bond acceptors (Lipinski definition) is 4. The van der Waals surface area contributed by atoms with Crippen LogP contribution in [0, 0.1) is 0 Å². The lowest BCUT2D eigenvalue weighted by Crippen LogP contribution is -2.26. The van der Waals surface area contributed by atoms with Crippen LogP contribution >= 0.6 is 11.3 Å². The average molecular weight is 303 g/mol. The van der Waals surface area contributed by atoms with Gasteiger partial charge in [-0.1, -0.05) is 6.07 Å². The van der Waals surface area contributed by atoms with E-state index in [1.165, 1.54) is 4.88 Å². The molecule has 1 atom stereocenters. The van der Waals surface area contributed by atoms with Crippen LogP contribution in [0.15, 0.2) is 35.7 Å². The van der Waals surface area contributed by atoms with Crippen LogP contribution in [-0.4, -0.2) is 18.5 Å². The summed E-state index contributed by atoms with van der Waals surface area (Å²) in [5.41, 5.74) is 7.90. The fourth-order valence-electron chi connectivity index (χ4n) is 2.18. The minimum absolute atomic E-state index is 0.0803. The van der Waals surface area contributed by atoms with Crippen LogP contribution < -0.4 is 16.4 Å². The maximum Gasteiger partial charge on any atom is 0.253 e. The van der Waals surface area contributed by atoms with Crippen molar-refractivity contribution in [3.8, 4) is 0 Å². The molecule has 0 aliphatic rings. The largest absolute Gasteiger partial charge is 0.399 e. The summed E-state index contributed by atoms with van der Waals surface area (Å²) in [6.45, 7) is 4.61. The summed E-state index contributed by atoms with van der Waals surface area (Å²) in [5, 5.41) is 8.29. The van der Waals surface area contributed by atoms with E-state index in [0.29, 0.717) is 17.8 Å². The van der Waals surface area contributed by atoms with Gasteiger partial charge in [-0.2, -0.15) is 0 Å². The minimum atomic E-state index is -0.0803. The van der Waals surface area contributed by atoms with Crippen molar-refractivity contribution >= 4 is 28.6 Å². The standard InChI is InChI=1S/C16H21N3OS/c1-3-18-16(20)14-7-6-12(17)10-15(14)19-11(2)9-13-5-4-8-21-13/h4-8,10-11,19H,3,9,17H2,1-2H3,(H,18,20). The van der Waals surface area contributed by atoms with E-state index in [0.717, 1.165) is 12.1 Å². The Morgan fingerprint density at radius 1 is 1.38 bits per heavy atom. The Kier molecular flexibility index (Phi) is 5.22. The summed E-state index contributed by atoms with van der Waals surface area (Å²) in [5.74, 6) is -0.0803. The number of hydrogen-bond donors (Lipinski definition) is 3. The number of nitrogens with one attached hydrogen (secondary N) is 2. The zero-order valence-electron chi connectivity index (χ0n) is 12.3. The van der Waals surface area contributed by atoms with Crippen LogP contribution in [0.5, 0.6) is 0 Å². The third-order valence-electron chi connectivity index (χ3n) is 3.11. The molecule has 21 heavy (non-hydrogen) atoms. The van der Waals surface area contributed by atoms with Crippen LogP contribution in [0.3, 0.4) is 0 Å². The number of nitrogens with two attached hydrogens (primary N) is 1. The van der Waals surface area contributed by atoms with Crippen molar-refractivity contribution in [2.45, 2.75) is 26.3 Å². The van der Waals surface area contributed by atoms with E-state index >= 15 is 0 Å². The Hall–Kier alpha value is -2.01. The van der Waals surface area contributed by atoms with Crippen LogP contribution in [0.25, 0.3) is 0 Å². The van der Waals surface area contributed by atoms with Gasteiger partial charge in [0.25, 0.3) is 5.91 Å². The number of carbonyl (C=O) groups is 1. The number of amides is 1. The van der Waals surface area contributed by atoms with E-state index in [9.17, 15) is 4.79 Å². The summed E-state index contributed by atoms with van der Waals surface area (Å²) < 4.78 is 0. The normalized spacial score (nSPS) is 11.9. The molecule has 1 aromatic heterocycles. The van der Waals surface area contributed by atoms with E-state index < -0.39 is 0 Å². The predicted octanol–water partition coefficient (Wildman–Crippen LogP) is 3.12. The maximum absolute atomic E-state index is 12.1. The van der Waals surface area contributed by atoms with E-state index in [4.69, 9.17) is 5.73 Å². The molecule has 4 nitrogen and oxygen atoms in total. The zero-order valence-corrected chi connectivity index (χ0v) is 13.2. The second-order valence-corrected chi connectivity index (χ2v) is 6.03. The summed E-state index contributed by atoms with van der Waals surface area (Å²) in [7, 11) is 0. The van der Waals surface area contributed by atoms with E-state index in [-0.39, 0.29) is 11.9 Å². The Morgan fingerprint density at radius 3 is 2.86 bits per heavy atom. The lowest BCUT2D eigenvalue weighted by Gasteiger charge is -2.18. The molecule has 2 rings (SSSR count). The minimum Gasteiger partial charge on any atom is -0.399 e. The van der Waals surface area contributed by atoms with Crippen molar-refractivity contribution in [1.29, 1.82) is 0 Å². The molecule has 0 bridgehead atoms. The number of rotatable bonds is 6. The first-order valence-electron chi connectivity index (χ1n) is 7.06. The first kappa shape index (κ1) is 15.4. The van der Waals surface area contributed by atoms with Crippen LogP contribution in [-0.2, 0) is 6.42 Å². The third kappa shape index (κ3) is 4.23. The Bertz CT molecular complexity index is 596. The second kappa shape index (κ2) is 7.13. The van der Waals surface area contributed by atoms with Crippen molar-refractivity contribution in [3.63, 3.8) is 0 Å². The molecule has 0 fully saturated rings. The maximum atomic E-state index is 12.1. The summed E-state index contributed by atoms with van der Waals surface area (Å²) in [6.07, 6.45) is 0.918. The number of thiophene rings is 1. The molecule has 1 aromatic carbocycles. The monoisotopic (exact) mass is 303 g/mol. The van der Waals surface area contributed by atoms with Gasteiger partial charge in [0, 0.05) is 35.3 Å². The number of benzene rings is 1. The summed E-state index contributed by atoms with van der Waals surface area (Å²) >= 11 is 1.74. The molecule has 0 radical (unpaired) electrons. The zero-order chi connectivity index (χ0) is 15.2. The molecule has 1 unspecified atom stereocenters. The first-order chi connectivity index (χ1) is 10.1. The highest BCUT2D eigenvalue weighted by atomic mass is 32.1. The third-order valence-corrected chi connectivity index (χ3v) is 4.01. The fraction of sp³-hybridized carbons (Fsp3) is 0.312. The fourth-order valence-corrected chi connectivity index (χ4v) is 3.02. The SMILES string of the molecule is CCNC(=O)c1ccc(N)cc1NC(C)Cc1cccs1. The summed E-state index contributed by atoms with van der Waals surface area (Å²) in [6, 6.07) is 9.72. The molecule has 2 aromatic rings. The number of anilines is 2. The molecular formula is C16H21N3OS. The van der Waals surface area contributed by atoms with E-state index in [1.807, 2.05) is 19.1 Å². The highest BCUT2D eigenvalue weighted by Crippen LogP contribution is 2.21. The Labute approximate surface area is 129 Å². The van der Waals surface area contributed by atoms with Crippen molar-refractivity contribution in [2.75, 3.05) is 17.6 Å². The molecule has 4 N–H and O–H groups in total. The molecule has 1 heterocycles. The van der Waals surface area contributed by atoms with Crippen LogP contribution in [0.4, 0.5) is 11.4 Å². The number of nitrogen functional groups attached to an aromatic ring is 1. The molecule has 112 valence electrons. The topological polar surface area (TPSA) is 67.2 Å². The van der Waals surface area contributed by atoms with Gasteiger partial charge in [0.15, 0.2) is 0 Å². The van der Waals surface area contributed by atoms with E-state index in [2.05, 4.69) is 29.0 Å². The van der Waals surface area contributed by atoms with Gasteiger partial charge in [0.05, 0.1) is 5.56 Å². The Morgan fingerprint density at radius 2 is 2.19 bits per heavy atom. The number of carbonyl (C=O) groups excluding carboxylic acids is 1. The molecule has 5 heteroatoms. The predicted molar refractivity (Wildman–Crippen MR) is 90.0 cm³/mol. The van der Waals surface area contributed by atoms with Gasteiger partial charge in [0.2, 0.25) is 0 Å². The first-order valence-corrected chi connectivity index (χ1v) is 7.94. The van der Waals surface area contributed by atoms with Gasteiger partial charge >= 0.3 is 0 Å². The molecule has 1 amide bonds. The van der Waals surface area contributed by atoms with Gasteiger partial charge < -0.3 is 16.4 Å². The van der Waals surface area contributed by atoms with Crippen molar-refractivity contribution in [3.05, 3.63) is 46.2 Å². The van der Waals surface area contributed by atoms with Gasteiger partial charge in [-0.25, -0.2) is 0 Å². The molecule has 0 aliphatic carbocycles. The average Bonchev–Trinajstić information content (AvgIpc) is 2.91. The van der Waals surface area contributed by atoms with Gasteiger partial charge in [-0.15, -0.1) is 11.3 Å². The van der Waals surface area contributed by atoms with Crippen LogP contribution in [0.1, 0.15) is 29.1 Å². The second-order valence-electron chi connectivity index (χ2n) is 4.99. The molecule has 0 saturated carbocycles. The molecule has 0 saturated heterocycles. The Balaban J connectivity index is 2.13. The highest BCUT2D eigenvalue weighted by Gasteiger charge is 2.13. The van der Waals surface area contributed by atoms with Crippen LogP contribution in [0.2, 0.25) is 0 Å². The highest BCUT2D eigenvalue weighted by molar-refractivity contribution is 7.09. The molecular weight excluding hydrogens is 282 g/mol. The van der Waals surface area contributed by atoms with Gasteiger partial charge in [-0.05, 0) is 43.5 Å².